The minimum Gasteiger partial charge on any atom is -0.481 e. The maximum absolute atomic E-state index is 11.0. The van der Waals surface area contributed by atoms with Crippen LogP contribution in [0.2, 0.25) is 0 Å². The number of aliphatic carboxylic acids is 1. The molecule has 2 aromatic rings. The zero-order chi connectivity index (χ0) is 14.0. The Bertz CT molecular complexity index is 592. The fraction of sp³-hybridized carbons (Fsp3) is 0.385. The van der Waals surface area contributed by atoms with Crippen molar-refractivity contribution in [3.05, 3.63) is 35.5 Å². The summed E-state index contributed by atoms with van der Waals surface area (Å²) in [4.78, 5) is 19.2. The van der Waals surface area contributed by atoms with Gasteiger partial charge in [-0.3, -0.25) is 9.78 Å². The van der Waals surface area contributed by atoms with Gasteiger partial charge in [-0.1, -0.05) is 6.92 Å². The van der Waals surface area contributed by atoms with Gasteiger partial charge < -0.3 is 5.11 Å². The number of hydrogen-bond donors (Lipinski definition) is 1. The van der Waals surface area contributed by atoms with Crippen molar-refractivity contribution in [2.75, 3.05) is 0 Å². The summed E-state index contributed by atoms with van der Waals surface area (Å²) in [7, 11) is 0. The first kappa shape index (κ1) is 13.2. The molecule has 0 bridgehead atoms. The highest BCUT2D eigenvalue weighted by Gasteiger charge is 2.19. The summed E-state index contributed by atoms with van der Waals surface area (Å²) in [5, 5.41) is 13.4. The molecule has 1 atom stereocenters. The predicted octanol–water partition coefficient (Wildman–Crippen LogP) is 1.54. The Hall–Kier alpha value is -2.24. The zero-order valence-corrected chi connectivity index (χ0v) is 11.2. The Morgan fingerprint density at radius 2 is 2.16 bits per heavy atom. The maximum Gasteiger partial charge on any atom is 0.306 e. The average Bonchev–Trinajstić information content (AvgIpc) is 2.67. The fourth-order valence-corrected chi connectivity index (χ4v) is 1.99. The number of carboxylic acids is 1. The van der Waals surface area contributed by atoms with Crippen LogP contribution < -0.4 is 0 Å². The molecule has 0 aromatic carbocycles. The highest BCUT2D eigenvalue weighted by Crippen LogP contribution is 2.19. The smallest absolute Gasteiger partial charge is 0.306 e. The molecule has 0 saturated carbocycles. The van der Waals surface area contributed by atoms with Gasteiger partial charge in [-0.15, -0.1) is 0 Å². The van der Waals surface area contributed by atoms with Crippen molar-refractivity contribution >= 4 is 5.97 Å². The average molecular weight is 260 g/mol. The van der Waals surface area contributed by atoms with Crippen LogP contribution >= 0.6 is 0 Å². The lowest BCUT2D eigenvalue weighted by Gasteiger charge is -2.07. The minimum atomic E-state index is -0.800. The highest BCUT2D eigenvalue weighted by molar-refractivity contribution is 5.70. The van der Waals surface area contributed by atoms with E-state index in [1.54, 1.807) is 30.2 Å². The van der Waals surface area contributed by atoms with Crippen LogP contribution in [-0.4, -0.2) is 30.8 Å². The lowest BCUT2D eigenvalue weighted by molar-refractivity contribution is -0.141. The van der Waals surface area contributed by atoms with Crippen LogP contribution in [0.25, 0.3) is 5.82 Å². The number of aromatic nitrogens is 4. The van der Waals surface area contributed by atoms with E-state index in [0.717, 1.165) is 17.0 Å². The fourth-order valence-electron chi connectivity index (χ4n) is 1.99. The lowest BCUT2D eigenvalue weighted by Crippen LogP contribution is -2.13. The largest absolute Gasteiger partial charge is 0.481 e. The Morgan fingerprint density at radius 1 is 1.42 bits per heavy atom. The second kappa shape index (κ2) is 5.17. The molecule has 2 heterocycles. The summed E-state index contributed by atoms with van der Waals surface area (Å²) in [6, 6.07) is 0. The Balaban J connectivity index is 2.38. The third-order valence-electron chi connectivity index (χ3n) is 3.14. The van der Waals surface area contributed by atoms with Gasteiger partial charge in [0.05, 0.1) is 17.8 Å². The Kier molecular flexibility index (Phi) is 3.59. The van der Waals surface area contributed by atoms with E-state index < -0.39 is 11.9 Å². The van der Waals surface area contributed by atoms with Gasteiger partial charge in [0.15, 0.2) is 5.82 Å². The van der Waals surface area contributed by atoms with Gasteiger partial charge in [0, 0.05) is 18.1 Å². The molecular formula is C13H16N4O2. The molecule has 19 heavy (non-hydrogen) atoms. The second-order valence-electron chi connectivity index (χ2n) is 4.57. The monoisotopic (exact) mass is 260 g/mol. The molecule has 0 amide bonds. The van der Waals surface area contributed by atoms with Crippen LogP contribution in [0.15, 0.2) is 18.6 Å². The molecule has 2 rings (SSSR count). The van der Waals surface area contributed by atoms with Crippen molar-refractivity contribution in [1.29, 1.82) is 0 Å². The van der Waals surface area contributed by atoms with E-state index >= 15 is 0 Å². The summed E-state index contributed by atoms with van der Waals surface area (Å²) < 4.78 is 1.70. The summed E-state index contributed by atoms with van der Waals surface area (Å²) in [6.45, 7) is 5.49. The molecule has 0 aliphatic carbocycles. The molecule has 0 aliphatic heterocycles. The molecule has 6 heteroatoms. The summed E-state index contributed by atoms with van der Waals surface area (Å²) in [6.07, 6.45) is 5.30. The van der Waals surface area contributed by atoms with Crippen LogP contribution in [-0.2, 0) is 11.2 Å². The van der Waals surface area contributed by atoms with E-state index in [1.807, 2.05) is 13.8 Å². The van der Waals surface area contributed by atoms with Crippen molar-refractivity contribution in [2.24, 2.45) is 5.92 Å². The van der Waals surface area contributed by atoms with Gasteiger partial charge in [-0.25, -0.2) is 9.67 Å². The van der Waals surface area contributed by atoms with E-state index in [0.29, 0.717) is 12.2 Å². The molecule has 2 aromatic heterocycles. The van der Waals surface area contributed by atoms with E-state index in [2.05, 4.69) is 15.1 Å². The Morgan fingerprint density at radius 3 is 2.74 bits per heavy atom. The van der Waals surface area contributed by atoms with Crippen LogP contribution in [0.5, 0.6) is 0 Å². The summed E-state index contributed by atoms with van der Waals surface area (Å²) in [5.41, 5.74) is 2.70. The molecular weight excluding hydrogens is 244 g/mol. The maximum atomic E-state index is 11.0. The number of nitrogens with zero attached hydrogens (tertiary/aromatic N) is 4. The first-order valence-electron chi connectivity index (χ1n) is 6.05. The predicted molar refractivity (Wildman–Crippen MR) is 69.1 cm³/mol. The van der Waals surface area contributed by atoms with E-state index in [9.17, 15) is 4.79 Å². The molecule has 0 spiro atoms. The number of carbonyl (C=O) groups is 1. The van der Waals surface area contributed by atoms with Crippen molar-refractivity contribution in [3.63, 3.8) is 0 Å². The van der Waals surface area contributed by atoms with E-state index in [-0.39, 0.29) is 0 Å². The van der Waals surface area contributed by atoms with Gasteiger partial charge in [0.25, 0.3) is 0 Å². The highest BCUT2D eigenvalue weighted by atomic mass is 16.4. The first-order valence-corrected chi connectivity index (χ1v) is 6.05. The quantitative estimate of drug-likeness (QED) is 0.901. The van der Waals surface area contributed by atoms with Crippen LogP contribution in [0.4, 0.5) is 0 Å². The summed E-state index contributed by atoms with van der Waals surface area (Å²) >= 11 is 0. The molecule has 0 aliphatic rings. The summed E-state index contributed by atoms with van der Waals surface area (Å²) in [5.74, 6) is -0.597. The number of rotatable bonds is 4. The molecule has 1 N–H and O–H groups in total. The lowest BCUT2D eigenvalue weighted by atomic mass is 10.00. The van der Waals surface area contributed by atoms with Crippen LogP contribution in [0.3, 0.4) is 0 Å². The van der Waals surface area contributed by atoms with Crippen LogP contribution in [0, 0.1) is 19.8 Å². The van der Waals surface area contributed by atoms with Gasteiger partial charge in [-0.05, 0) is 25.8 Å². The first-order chi connectivity index (χ1) is 9.00. The molecule has 0 fully saturated rings. The zero-order valence-electron chi connectivity index (χ0n) is 11.2. The van der Waals surface area contributed by atoms with E-state index in [1.165, 1.54) is 0 Å². The van der Waals surface area contributed by atoms with E-state index in [4.69, 9.17) is 5.11 Å². The van der Waals surface area contributed by atoms with Crippen molar-refractivity contribution in [2.45, 2.75) is 27.2 Å². The number of aryl methyl sites for hydroxylation is 1. The Labute approximate surface area is 111 Å². The topological polar surface area (TPSA) is 80.9 Å². The third-order valence-corrected chi connectivity index (χ3v) is 3.14. The molecule has 1 unspecified atom stereocenters. The normalized spacial score (nSPS) is 12.4. The number of hydrogen-bond acceptors (Lipinski definition) is 4. The molecule has 0 radical (unpaired) electrons. The van der Waals surface area contributed by atoms with Crippen molar-refractivity contribution in [1.82, 2.24) is 19.7 Å². The van der Waals surface area contributed by atoms with Gasteiger partial charge >= 0.3 is 5.97 Å². The van der Waals surface area contributed by atoms with Crippen LogP contribution in [0.1, 0.15) is 23.9 Å². The second-order valence-corrected chi connectivity index (χ2v) is 4.57. The van der Waals surface area contributed by atoms with Gasteiger partial charge in [0.2, 0.25) is 0 Å². The molecule has 100 valence electrons. The molecule has 0 saturated heterocycles. The van der Waals surface area contributed by atoms with Crippen molar-refractivity contribution < 1.29 is 9.90 Å². The van der Waals surface area contributed by atoms with Crippen molar-refractivity contribution in [3.8, 4) is 5.82 Å². The SMILES string of the molecule is Cc1nn(-c2cnccn2)c(C)c1CC(C)C(=O)O. The molecule has 6 nitrogen and oxygen atoms in total. The van der Waals surface area contributed by atoms with Gasteiger partial charge in [0.1, 0.15) is 0 Å². The number of carboxylic acid groups (broad SMARTS) is 1. The minimum absolute atomic E-state index is 0.433. The standard InChI is InChI=1S/C13H16N4O2/c1-8(13(18)19)6-11-9(2)16-17(10(11)3)12-7-14-4-5-15-12/h4-5,7-8H,6H2,1-3H3,(H,18,19). The van der Waals surface area contributed by atoms with Gasteiger partial charge in [-0.2, -0.15) is 5.10 Å². The third kappa shape index (κ3) is 2.62.